The van der Waals surface area contributed by atoms with Crippen LogP contribution in [0.15, 0.2) is 18.3 Å². The fourth-order valence-corrected chi connectivity index (χ4v) is 2.40. The molecule has 7 nitrogen and oxygen atoms in total. The Morgan fingerprint density at radius 1 is 1.41 bits per heavy atom. The largest absolute Gasteiger partial charge is 0.464 e. The second-order valence-electron chi connectivity index (χ2n) is 5.00. The van der Waals surface area contributed by atoms with E-state index in [9.17, 15) is 9.59 Å². The molecular formula is C15H22N4O3. The summed E-state index contributed by atoms with van der Waals surface area (Å²) in [6.45, 7) is 7.78. The van der Waals surface area contributed by atoms with Gasteiger partial charge in [-0.3, -0.25) is 4.90 Å². The van der Waals surface area contributed by atoms with Crippen LogP contribution in [-0.4, -0.2) is 49.3 Å². The SMILES string of the molecule is CCOC(=O)[C@@H](C)NC(=O)N1CCN(CC)c2ncccc21. The van der Waals surface area contributed by atoms with Crippen molar-refractivity contribution >= 4 is 23.5 Å². The maximum atomic E-state index is 12.4. The number of pyridine rings is 1. The van der Waals surface area contributed by atoms with E-state index in [2.05, 4.69) is 22.1 Å². The van der Waals surface area contributed by atoms with E-state index < -0.39 is 12.0 Å². The maximum absolute atomic E-state index is 12.4. The lowest BCUT2D eigenvalue weighted by atomic mass is 10.2. The van der Waals surface area contributed by atoms with Crippen molar-refractivity contribution in [2.75, 3.05) is 36.0 Å². The number of esters is 1. The molecule has 1 aromatic heterocycles. The van der Waals surface area contributed by atoms with Crippen LogP contribution < -0.4 is 15.1 Å². The highest BCUT2D eigenvalue weighted by atomic mass is 16.5. The number of anilines is 2. The predicted molar refractivity (Wildman–Crippen MR) is 84.1 cm³/mol. The van der Waals surface area contributed by atoms with Crippen molar-refractivity contribution in [3.05, 3.63) is 18.3 Å². The number of ether oxygens (including phenoxy) is 1. The minimum absolute atomic E-state index is 0.293. The quantitative estimate of drug-likeness (QED) is 0.851. The summed E-state index contributed by atoms with van der Waals surface area (Å²) < 4.78 is 4.90. The van der Waals surface area contributed by atoms with E-state index in [0.29, 0.717) is 19.7 Å². The van der Waals surface area contributed by atoms with Crippen LogP contribution in [0, 0.1) is 0 Å². The van der Waals surface area contributed by atoms with Crippen molar-refractivity contribution in [1.29, 1.82) is 0 Å². The van der Waals surface area contributed by atoms with E-state index in [1.807, 2.05) is 6.07 Å². The van der Waals surface area contributed by atoms with Gasteiger partial charge in [-0.25, -0.2) is 14.6 Å². The van der Waals surface area contributed by atoms with Crippen molar-refractivity contribution in [3.63, 3.8) is 0 Å². The smallest absolute Gasteiger partial charge is 0.328 e. The molecule has 1 atom stereocenters. The van der Waals surface area contributed by atoms with Crippen LogP contribution in [0.2, 0.25) is 0 Å². The Balaban J connectivity index is 2.12. The van der Waals surface area contributed by atoms with Crippen molar-refractivity contribution in [3.8, 4) is 0 Å². The number of nitrogens with one attached hydrogen (secondary N) is 1. The summed E-state index contributed by atoms with van der Waals surface area (Å²) >= 11 is 0. The van der Waals surface area contributed by atoms with Gasteiger partial charge in [-0.15, -0.1) is 0 Å². The molecule has 0 radical (unpaired) electrons. The normalized spacial score (nSPS) is 15.0. The van der Waals surface area contributed by atoms with Crippen LogP contribution in [0.3, 0.4) is 0 Å². The van der Waals surface area contributed by atoms with Gasteiger partial charge in [0.15, 0.2) is 5.82 Å². The molecule has 2 amide bonds. The Morgan fingerprint density at radius 2 is 2.18 bits per heavy atom. The van der Waals surface area contributed by atoms with Crippen LogP contribution in [-0.2, 0) is 9.53 Å². The Bertz CT molecular complexity index is 549. The number of carbonyl (C=O) groups is 2. The first-order valence-corrected chi connectivity index (χ1v) is 7.53. The number of aromatic nitrogens is 1. The Kier molecular flexibility index (Phi) is 5.19. The van der Waals surface area contributed by atoms with Crippen LogP contribution in [0.1, 0.15) is 20.8 Å². The van der Waals surface area contributed by atoms with Crippen molar-refractivity contribution < 1.29 is 14.3 Å². The molecule has 120 valence electrons. The molecule has 7 heteroatoms. The predicted octanol–water partition coefficient (Wildman–Crippen LogP) is 1.39. The van der Waals surface area contributed by atoms with E-state index in [1.165, 1.54) is 0 Å². The lowest BCUT2D eigenvalue weighted by Crippen LogP contribution is -2.52. The van der Waals surface area contributed by atoms with Crippen molar-refractivity contribution in [2.24, 2.45) is 0 Å². The van der Waals surface area contributed by atoms with Gasteiger partial charge in [0.25, 0.3) is 0 Å². The van der Waals surface area contributed by atoms with Crippen LogP contribution in [0.5, 0.6) is 0 Å². The monoisotopic (exact) mass is 306 g/mol. The summed E-state index contributed by atoms with van der Waals surface area (Å²) in [7, 11) is 0. The fourth-order valence-electron chi connectivity index (χ4n) is 2.40. The second kappa shape index (κ2) is 7.11. The first-order valence-electron chi connectivity index (χ1n) is 7.53. The summed E-state index contributed by atoms with van der Waals surface area (Å²) in [5.41, 5.74) is 0.754. The molecule has 1 aliphatic heterocycles. The molecule has 1 aromatic rings. The molecule has 22 heavy (non-hydrogen) atoms. The van der Waals surface area contributed by atoms with Crippen LogP contribution in [0.4, 0.5) is 16.3 Å². The standard InChI is InChI=1S/C15H22N4O3/c1-4-18-9-10-19(12-7-6-8-16-13(12)18)15(21)17-11(3)14(20)22-5-2/h6-8,11H,4-5,9-10H2,1-3H3,(H,17,21)/t11-/m1/s1. The van der Waals surface area contributed by atoms with Gasteiger partial charge in [-0.05, 0) is 32.9 Å². The Labute approximate surface area is 130 Å². The summed E-state index contributed by atoms with van der Waals surface area (Å²) in [6.07, 6.45) is 1.71. The van der Waals surface area contributed by atoms with Gasteiger partial charge in [0.1, 0.15) is 6.04 Å². The molecule has 2 rings (SSSR count). The third-order valence-electron chi connectivity index (χ3n) is 3.56. The molecule has 0 fully saturated rings. The summed E-state index contributed by atoms with van der Waals surface area (Å²) in [4.78, 5) is 32.2. The number of likely N-dealkylation sites (N-methyl/N-ethyl adjacent to an activating group) is 1. The fraction of sp³-hybridized carbons (Fsp3) is 0.533. The first-order chi connectivity index (χ1) is 10.6. The molecule has 0 saturated heterocycles. The molecule has 0 aromatic carbocycles. The van der Waals surface area contributed by atoms with Gasteiger partial charge >= 0.3 is 12.0 Å². The number of carbonyl (C=O) groups excluding carboxylic acids is 2. The number of amides is 2. The zero-order valence-electron chi connectivity index (χ0n) is 13.2. The second-order valence-corrected chi connectivity index (χ2v) is 5.00. The topological polar surface area (TPSA) is 74.8 Å². The zero-order valence-corrected chi connectivity index (χ0v) is 13.2. The Hall–Kier alpha value is -2.31. The van der Waals surface area contributed by atoms with Gasteiger partial charge in [-0.1, -0.05) is 0 Å². The molecule has 2 heterocycles. The molecule has 0 spiro atoms. The van der Waals surface area contributed by atoms with E-state index in [0.717, 1.165) is 18.1 Å². The van der Waals surface area contributed by atoms with E-state index >= 15 is 0 Å². The van der Waals surface area contributed by atoms with Crippen LogP contribution >= 0.6 is 0 Å². The lowest BCUT2D eigenvalue weighted by Gasteiger charge is -2.36. The van der Waals surface area contributed by atoms with Crippen molar-refractivity contribution in [1.82, 2.24) is 10.3 Å². The van der Waals surface area contributed by atoms with Gasteiger partial charge < -0.3 is 15.0 Å². The highest BCUT2D eigenvalue weighted by Gasteiger charge is 2.28. The molecule has 0 bridgehead atoms. The van der Waals surface area contributed by atoms with Gasteiger partial charge in [0.05, 0.1) is 12.3 Å². The molecular weight excluding hydrogens is 284 g/mol. The van der Waals surface area contributed by atoms with E-state index in [-0.39, 0.29) is 6.03 Å². The van der Waals surface area contributed by atoms with Gasteiger partial charge in [0, 0.05) is 25.8 Å². The lowest BCUT2D eigenvalue weighted by molar-refractivity contribution is -0.144. The molecule has 1 aliphatic rings. The highest BCUT2D eigenvalue weighted by Crippen LogP contribution is 2.30. The van der Waals surface area contributed by atoms with E-state index in [4.69, 9.17) is 4.74 Å². The zero-order chi connectivity index (χ0) is 16.1. The Morgan fingerprint density at radius 3 is 2.86 bits per heavy atom. The van der Waals surface area contributed by atoms with Crippen LogP contribution in [0.25, 0.3) is 0 Å². The molecule has 1 N–H and O–H groups in total. The third-order valence-corrected chi connectivity index (χ3v) is 3.56. The van der Waals surface area contributed by atoms with Crippen molar-refractivity contribution in [2.45, 2.75) is 26.8 Å². The number of urea groups is 1. The number of hydrogen-bond donors (Lipinski definition) is 1. The number of hydrogen-bond acceptors (Lipinski definition) is 5. The van der Waals surface area contributed by atoms with Gasteiger partial charge in [-0.2, -0.15) is 0 Å². The summed E-state index contributed by atoms with van der Waals surface area (Å²) in [5.74, 6) is 0.352. The highest BCUT2D eigenvalue weighted by molar-refractivity contribution is 5.97. The average Bonchev–Trinajstić information content (AvgIpc) is 2.53. The van der Waals surface area contributed by atoms with E-state index in [1.54, 1.807) is 31.0 Å². The average molecular weight is 306 g/mol. The first kappa shape index (κ1) is 16.1. The third kappa shape index (κ3) is 3.29. The molecule has 0 unspecified atom stereocenters. The summed E-state index contributed by atoms with van der Waals surface area (Å²) in [5, 5.41) is 2.67. The summed E-state index contributed by atoms with van der Waals surface area (Å²) in [6, 6.07) is 2.66. The number of fused-ring (bicyclic) bond motifs is 1. The number of rotatable bonds is 4. The molecule has 0 saturated carbocycles. The number of nitrogens with zero attached hydrogens (tertiary/aromatic N) is 3. The van der Waals surface area contributed by atoms with Gasteiger partial charge in [0.2, 0.25) is 0 Å². The molecule has 0 aliphatic carbocycles. The minimum Gasteiger partial charge on any atom is -0.464 e. The maximum Gasteiger partial charge on any atom is 0.328 e. The minimum atomic E-state index is -0.684.